The van der Waals surface area contributed by atoms with E-state index in [-0.39, 0.29) is 11.6 Å². The third-order valence-corrected chi connectivity index (χ3v) is 8.03. The molecule has 0 bridgehead atoms. The minimum absolute atomic E-state index is 0.0203. The summed E-state index contributed by atoms with van der Waals surface area (Å²) in [5, 5.41) is 12.4. The van der Waals surface area contributed by atoms with E-state index in [1.807, 2.05) is 29.8 Å². The maximum atomic E-state index is 13.4. The number of likely N-dealkylation sites (N-methyl/N-ethyl adjacent to an activating group) is 1. The molecule has 0 atom stereocenters. The number of carbonyl (C=O) groups is 3. The number of urea groups is 1. The van der Waals surface area contributed by atoms with Crippen molar-refractivity contribution in [2.24, 2.45) is 0 Å². The van der Waals surface area contributed by atoms with Crippen molar-refractivity contribution in [2.45, 2.75) is 19.4 Å². The van der Waals surface area contributed by atoms with Crippen LogP contribution in [0.4, 0.5) is 22.1 Å². The molecule has 3 aliphatic heterocycles. The predicted molar refractivity (Wildman–Crippen MR) is 146 cm³/mol. The molecule has 2 fully saturated rings. The van der Waals surface area contributed by atoms with Crippen LogP contribution in [0.5, 0.6) is 0 Å². The van der Waals surface area contributed by atoms with Crippen LogP contribution in [0.3, 0.4) is 0 Å². The number of hydrogen-bond acceptors (Lipinski definition) is 9. The minimum Gasteiger partial charge on any atom is -0.369 e. The second kappa shape index (κ2) is 11.4. The van der Waals surface area contributed by atoms with E-state index in [2.05, 4.69) is 26.3 Å². The van der Waals surface area contributed by atoms with Gasteiger partial charge in [-0.25, -0.2) is 14.8 Å². The number of aldehydes is 1. The lowest BCUT2D eigenvalue weighted by Crippen LogP contribution is -2.48. The van der Waals surface area contributed by atoms with Gasteiger partial charge in [0.2, 0.25) is 5.91 Å². The molecule has 2 aromatic rings. The van der Waals surface area contributed by atoms with Gasteiger partial charge >= 0.3 is 6.03 Å². The Morgan fingerprint density at radius 3 is 2.76 bits per heavy atom. The average Bonchev–Trinajstić information content (AvgIpc) is 2.94. The largest absolute Gasteiger partial charge is 0.369 e. The number of nitrogens with one attached hydrogen (secondary N) is 1. The van der Waals surface area contributed by atoms with E-state index in [1.54, 1.807) is 11.0 Å². The smallest absolute Gasteiger partial charge is 0.328 e. The highest BCUT2D eigenvalue weighted by Gasteiger charge is 2.28. The number of rotatable bonds is 5. The molecule has 2 aromatic heterocycles. The van der Waals surface area contributed by atoms with Gasteiger partial charge in [-0.15, -0.1) is 0 Å². The predicted octanol–water partition coefficient (Wildman–Crippen LogP) is 1.97. The fraction of sp³-hybridized carbons (Fsp3) is 0.462. The zero-order chi connectivity index (χ0) is 26.6. The van der Waals surface area contributed by atoms with E-state index in [0.717, 1.165) is 55.2 Å². The number of hydrogen-bond donors (Lipinski definition) is 1. The highest BCUT2D eigenvalue weighted by Crippen LogP contribution is 2.30. The molecule has 3 amide bonds. The number of thioether (sulfide) groups is 1. The minimum atomic E-state index is -0.394. The van der Waals surface area contributed by atoms with Crippen molar-refractivity contribution in [3.63, 3.8) is 0 Å². The Hall–Kier alpha value is -3.69. The Balaban J connectivity index is 1.36. The number of fused-ring (bicyclic) bond motifs is 1. The molecular weight excluding hydrogens is 504 g/mol. The molecule has 5 heterocycles. The molecule has 0 spiro atoms. The number of pyridine rings is 2. The van der Waals surface area contributed by atoms with Gasteiger partial charge in [0.05, 0.1) is 17.8 Å². The monoisotopic (exact) mass is 534 g/mol. The molecule has 11 nitrogen and oxygen atoms in total. The van der Waals surface area contributed by atoms with Crippen molar-refractivity contribution in [2.75, 3.05) is 72.9 Å². The Bertz CT molecular complexity index is 1290. The number of nitrogens with zero attached hydrogens (tertiary/aromatic N) is 7. The fourth-order valence-corrected chi connectivity index (χ4v) is 5.93. The molecule has 3 aliphatic rings. The second-order valence-corrected chi connectivity index (χ2v) is 10.9. The van der Waals surface area contributed by atoms with Gasteiger partial charge in [0.15, 0.2) is 6.29 Å². The topological polar surface area (TPSA) is 126 Å². The van der Waals surface area contributed by atoms with Gasteiger partial charge in [-0.3, -0.25) is 24.7 Å². The number of amides is 3. The summed E-state index contributed by atoms with van der Waals surface area (Å²) in [6.45, 7) is 4.15. The van der Waals surface area contributed by atoms with Crippen LogP contribution in [0.1, 0.15) is 33.6 Å². The summed E-state index contributed by atoms with van der Waals surface area (Å²) in [5.74, 6) is 2.79. The molecule has 0 radical (unpaired) electrons. The molecule has 0 aliphatic carbocycles. The van der Waals surface area contributed by atoms with Crippen molar-refractivity contribution in [1.82, 2.24) is 19.8 Å². The zero-order valence-electron chi connectivity index (χ0n) is 21.4. The molecule has 1 N–H and O–H groups in total. The standard InChI is InChI=1S/C26H30N8O3S/c1-31-5-6-33(24(36)16-31)15-19-11-18-3-2-4-34(25(18)29-21(19)17-35)26(37)30-23-12-22(20(13-27)14-28-23)32-7-9-38-10-8-32/h11-12,14,17H,2-10,15-16H2,1H3,(H,28,30,37). The number of piperazine rings is 1. The maximum Gasteiger partial charge on any atom is 0.328 e. The Kier molecular flexibility index (Phi) is 7.76. The molecular formula is C26H30N8O3S. The fourth-order valence-electron chi connectivity index (χ4n) is 5.03. The van der Waals surface area contributed by atoms with E-state index in [1.165, 1.54) is 11.1 Å². The second-order valence-electron chi connectivity index (χ2n) is 9.67. The molecule has 38 heavy (non-hydrogen) atoms. The van der Waals surface area contributed by atoms with Gasteiger partial charge in [-0.05, 0) is 31.5 Å². The van der Waals surface area contributed by atoms with Crippen molar-refractivity contribution in [3.05, 3.63) is 40.7 Å². The van der Waals surface area contributed by atoms with Crippen molar-refractivity contribution in [3.8, 4) is 6.07 Å². The lowest BCUT2D eigenvalue weighted by atomic mass is 10.0. The first kappa shape index (κ1) is 25.9. The highest BCUT2D eigenvalue weighted by molar-refractivity contribution is 7.99. The molecule has 0 unspecified atom stereocenters. The number of nitriles is 1. The van der Waals surface area contributed by atoms with Gasteiger partial charge in [-0.2, -0.15) is 17.0 Å². The molecule has 198 valence electrons. The van der Waals surface area contributed by atoms with Crippen LogP contribution >= 0.6 is 11.8 Å². The Morgan fingerprint density at radius 2 is 2.03 bits per heavy atom. The number of carbonyl (C=O) groups excluding carboxylic acids is 3. The first-order valence-electron chi connectivity index (χ1n) is 12.7. The number of aromatic nitrogens is 2. The molecule has 5 rings (SSSR count). The maximum absolute atomic E-state index is 13.4. The quantitative estimate of drug-likeness (QED) is 0.573. The van der Waals surface area contributed by atoms with Crippen LogP contribution in [0.25, 0.3) is 0 Å². The normalized spacial score (nSPS) is 18.1. The average molecular weight is 535 g/mol. The number of anilines is 3. The van der Waals surface area contributed by atoms with Crippen LogP contribution in [-0.2, 0) is 17.8 Å². The van der Waals surface area contributed by atoms with Crippen LogP contribution in [-0.4, -0.2) is 95.8 Å². The molecule has 12 heteroatoms. The number of aryl methyl sites for hydroxylation is 1. The highest BCUT2D eigenvalue weighted by atomic mass is 32.2. The van der Waals surface area contributed by atoms with Gasteiger partial charge in [0.25, 0.3) is 0 Å². The molecule has 0 saturated carbocycles. The SMILES string of the molecule is CN1CCN(Cc2cc3c(nc2C=O)N(C(=O)Nc2cc(N4CCSCC4)c(C#N)cn2)CCC3)C(=O)C1. The van der Waals surface area contributed by atoms with Gasteiger partial charge in [-0.1, -0.05) is 0 Å². The van der Waals surface area contributed by atoms with E-state index in [0.29, 0.717) is 55.2 Å². The zero-order valence-corrected chi connectivity index (χ0v) is 22.2. The molecule has 2 saturated heterocycles. The summed E-state index contributed by atoms with van der Waals surface area (Å²) in [4.78, 5) is 54.1. The summed E-state index contributed by atoms with van der Waals surface area (Å²) in [6.07, 6.45) is 3.64. The van der Waals surface area contributed by atoms with Crippen molar-refractivity contribution >= 4 is 47.3 Å². The van der Waals surface area contributed by atoms with Crippen molar-refractivity contribution in [1.29, 1.82) is 5.26 Å². The van der Waals surface area contributed by atoms with Gasteiger partial charge < -0.3 is 9.80 Å². The first-order valence-corrected chi connectivity index (χ1v) is 13.9. The molecule has 0 aromatic carbocycles. The van der Waals surface area contributed by atoms with E-state index in [9.17, 15) is 19.6 Å². The van der Waals surface area contributed by atoms with Gasteiger partial charge in [0.1, 0.15) is 23.4 Å². The summed E-state index contributed by atoms with van der Waals surface area (Å²) >= 11 is 1.88. The summed E-state index contributed by atoms with van der Waals surface area (Å²) in [7, 11) is 1.91. The lowest BCUT2D eigenvalue weighted by molar-refractivity contribution is -0.136. The lowest BCUT2D eigenvalue weighted by Gasteiger charge is -2.33. The van der Waals surface area contributed by atoms with Crippen LogP contribution in [0.15, 0.2) is 18.3 Å². The summed E-state index contributed by atoms with van der Waals surface area (Å²) in [5.41, 5.74) is 3.03. The first-order chi connectivity index (χ1) is 18.5. The van der Waals surface area contributed by atoms with Crippen LogP contribution in [0, 0.1) is 11.3 Å². The van der Waals surface area contributed by atoms with Crippen molar-refractivity contribution < 1.29 is 14.4 Å². The van der Waals surface area contributed by atoms with E-state index in [4.69, 9.17) is 0 Å². The van der Waals surface area contributed by atoms with Crippen LogP contribution < -0.4 is 15.1 Å². The van der Waals surface area contributed by atoms with E-state index < -0.39 is 6.03 Å². The Labute approximate surface area is 225 Å². The summed E-state index contributed by atoms with van der Waals surface area (Å²) in [6, 6.07) is 5.46. The van der Waals surface area contributed by atoms with Crippen LogP contribution in [0.2, 0.25) is 0 Å². The van der Waals surface area contributed by atoms with Gasteiger partial charge in [0, 0.05) is 68.6 Å². The third-order valence-electron chi connectivity index (χ3n) is 7.09. The summed E-state index contributed by atoms with van der Waals surface area (Å²) < 4.78 is 0. The van der Waals surface area contributed by atoms with E-state index >= 15 is 0 Å². The Morgan fingerprint density at radius 1 is 1.21 bits per heavy atom. The third kappa shape index (κ3) is 5.44.